The topological polar surface area (TPSA) is 26.0 Å². The summed E-state index contributed by atoms with van der Waals surface area (Å²) in [5, 5.41) is 0. The van der Waals surface area contributed by atoms with Crippen LogP contribution in [0.15, 0.2) is 35.2 Å². The van der Waals surface area contributed by atoms with Gasteiger partial charge < -0.3 is 5.73 Å². The van der Waals surface area contributed by atoms with Gasteiger partial charge in [-0.25, -0.2) is 0 Å². The Kier molecular flexibility index (Phi) is 4.49. The highest BCUT2D eigenvalue weighted by molar-refractivity contribution is 7.99. The van der Waals surface area contributed by atoms with Crippen LogP contribution in [-0.2, 0) is 0 Å². The Balaban J connectivity index is 2.40. The van der Waals surface area contributed by atoms with E-state index in [2.05, 4.69) is 44.2 Å². The van der Waals surface area contributed by atoms with Gasteiger partial charge in [0, 0.05) is 10.6 Å². The van der Waals surface area contributed by atoms with Crippen molar-refractivity contribution < 1.29 is 0 Å². The molecule has 0 radical (unpaired) electrons. The van der Waals surface area contributed by atoms with E-state index in [1.54, 1.807) is 0 Å². The SMILES string of the molecule is CC(C)(CCN)CSc1ccccc1. The van der Waals surface area contributed by atoms with Crippen LogP contribution in [0.2, 0.25) is 0 Å². The van der Waals surface area contributed by atoms with E-state index in [1.807, 2.05) is 11.8 Å². The van der Waals surface area contributed by atoms with E-state index >= 15 is 0 Å². The summed E-state index contributed by atoms with van der Waals surface area (Å²) in [7, 11) is 0. The highest BCUT2D eigenvalue weighted by Gasteiger charge is 2.16. The number of hydrogen-bond donors (Lipinski definition) is 1. The zero-order valence-electron chi connectivity index (χ0n) is 8.99. The molecule has 1 rings (SSSR count). The van der Waals surface area contributed by atoms with E-state index in [4.69, 9.17) is 5.73 Å². The molecule has 0 aliphatic heterocycles. The Bertz CT molecular complexity index is 256. The predicted octanol–water partition coefficient (Wildman–Crippen LogP) is 3.15. The monoisotopic (exact) mass is 209 g/mol. The van der Waals surface area contributed by atoms with Crippen LogP contribution in [0.5, 0.6) is 0 Å². The third-order valence-corrected chi connectivity index (χ3v) is 3.73. The second kappa shape index (κ2) is 5.42. The van der Waals surface area contributed by atoms with Gasteiger partial charge in [0.05, 0.1) is 0 Å². The molecule has 0 aromatic heterocycles. The molecular formula is C12H19NS. The third kappa shape index (κ3) is 4.16. The molecule has 0 spiro atoms. The van der Waals surface area contributed by atoms with Gasteiger partial charge in [0.25, 0.3) is 0 Å². The standard InChI is InChI=1S/C12H19NS/c1-12(2,8-9-13)10-14-11-6-4-3-5-7-11/h3-7H,8-10,13H2,1-2H3. The van der Waals surface area contributed by atoms with Gasteiger partial charge in [-0.05, 0) is 30.5 Å². The normalized spacial score (nSPS) is 11.6. The first-order chi connectivity index (χ1) is 6.64. The van der Waals surface area contributed by atoms with Crippen LogP contribution in [0.4, 0.5) is 0 Å². The molecule has 0 saturated heterocycles. The molecule has 1 aromatic rings. The zero-order chi connectivity index (χ0) is 10.4. The molecule has 78 valence electrons. The molecule has 0 atom stereocenters. The van der Waals surface area contributed by atoms with Crippen LogP contribution in [0.25, 0.3) is 0 Å². The Labute approximate surface area is 91.1 Å². The van der Waals surface area contributed by atoms with Crippen LogP contribution >= 0.6 is 11.8 Å². The van der Waals surface area contributed by atoms with Gasteiger partial charge in [0.2, 0.25) is 0 Å². The number of rotatable bonds is 5. The summed E-state index contributed by atoms with van der Waals surface area (Å²) in [5.74, 6) is 1.13. The lowest BCUT2D eigenvalue weighted by molar-refractivity contribution is 0.394. The fourth-order valence-corrected chi connectivity index (χ4v) is 2.31. The van der Waals surface area contributed by atoms with Crippen molar-refractivity contribution in [2.24, 2.45) is 11.1 Å². The largest absolute Gasteiger partial charge is 0.330 e. The molecule has 0 amide bonds. The molecule has 0 aliphatic rings. The molecule has 0 saturated carbocycles. The van der Waals surface area contributed by atoms with Gasteiger partial charge >= 0.3 is 0 Å². The highest BCUT2D eigenvalue weighted by atomic mass is 32.2. The molecule has 1 aromatic carbocycles. The van der Waals surface area contributed by atoms with Crippen molar-refractivity contribution in [2.75, 3.05) is 12.3 Å². The van der Waals surface area contributed by atoms with Gasteiger partial charge in [0.15, 0.2) is 0 Å². The van der Waals surface area contributed by atoms with Crippen molar-refractivity contribution in [2.45, 2.75) is 25.2 Å². The van der Waals surface area contributed by atoms with Crippen molar-refractivity contribution >= 4 is 11.8 Å². The first kappa shape index (κ1) is 11.6. The van der Waals surface area contributed by atoms with Crippen LogP contribution in [-0.4, -0.2) is 12.3 Å². The maximum absolute atomic E-state index is 5.57. The molecule has 0 fully saturated rings. The first-order valence-corrected chi connectivity index (χ1v) is 6.00. The lowest BCUT2D eigenvalue weighted by Crippen LogP contribution is -2.19. The van der Waals surface area contributed by atoms with Gasteiger partial charge in [0.1, 0.15) is 0 Å². The highest BCUT2D eigenvalue weighted by Crippen LogP contribution is 2.29. The minimum atomic E-state index is 0.343. The summed E-state index contributed by atoms with van der Waals surface area (Å²) in [6.07, 6.45) is 1.09. The first-order valence-electron chi connectivity index (χ1n) is 5.02. The summed E-state index contributed by atoms with van der Waals surface area (Å²) in [6, 6.07) is 10.5. The third-order valence-electron chi connectivity index (χ3n) is 2.19. The minimum absolute atomic E-state index is 0.343. The Morgan fingerprint density at radius 2 is 1.86 bits per heavy atom. The molecule has 0 aliphatic carbocycles. The number of benzene rings is 1. The van der Waals surface area contributed by atoms with Gasteiger partial charge in [-0.15, -0.1) is 11.8 Å². The maximum Gasteiger partial charge on any atom is 0.00721 e. The molecule has 0 bridgehead atoms. The summed E-state index contributed by atoms with van der Waals surface area (Å²) in [5.41, 5.74) is 5.92. The summed E-state index contributed by atoms with van der Waals surface area (Å²) >= 11 is 1.91. The van der Waals surface area contributed by atoms with E-state index < -0.39 is 0 Å². The molecule has 14 heavy (non-hydrogen) atoms. The minimum Gasteiger partial charge on any atom is -0.330 e. The zero-order valence-corrected chi connectivity index (χ0v) is 9.81. The maximum atomic E-state index is 5.57. The van der Waals surface area contributed by atoms with E-state index in [0.717, 1.165) is 18.7 Å². The molecule has 2 heteroatoms. The number of nitrogens with two attached hydrogens (primary N) is 1. The smallest absolute Gasteiger partial charge is 0.00721 e. The number of hydrogen-bond acceptors (Lipinski definition) is 2. The fourth-order valence-electron chi connectivity index (χ4n) is 1.26. The lowest BCUT2D eigenvalue weighted by Gasteiger charge is -2.23. The summed E-state index contributed by atoms with van der Waals surface area (Å²) < 4.78 is 0. The van der Waals surface area contributed by atoms with E-state index in [1.165, 1.54) is 4.90 Å². The molecule has 1 nitrogen and oxygen atoms in total. The summed E-state index contributed by atoms with van der Waals surface area (Å²) in [6.45, 7) is 5.33. The quantitative estimate of drug-likeness (QED) is 0.754. The van der Waals surface area contributed by atoms with Crippen molar-refractivity contribution in [3.05, 3.63) is 30.3 Å². The average Bonchev–Trinajstić information content (AvgIpc) is 2.17. The van der Waals surface area contributed by atoms with Crippen LogP contribution in [0.3, 0.4) is 0 Å². The van der Waals surface area contributed by atoms with E-state index in [-0.39, 0.29) is 0 Å². The number of thioether (sulfide) groups is 1. The van der Waals surface area contributed by atoms with Crippen molar-refractivity contribution in [1.29, 1.82) is 0 Å². The van der Waals surface area contributed by atoms with E-state index in [9.17, 15) is 0 Å². The Hall–Kier alpha value is -0.470. The summed E-state index contributed by atoms with van der Waals surface area (Å²) in [4.78, 5) is 1.34. The fraction of sp³-hybridized carbons (Fsp3) is 0.500. The average molecular weight is 209 g/mol. The Morgan fingerprint density at radius 3 is 2.43 bits per heavy atom. The van der Waals surface area contributed by atoms with Crippen molar-refractivity contribution in [3.63, 3.8) is 0 Å². The lowest BCUT2D eigenvalue weighted by atomic mass is 9.92. The van der Waals surface area contributed by atoms with Gasteiger partial charge in [-0.3, -0.25) is 0 Å². The van der Waals surface area contributed by atoms with Gasteiger partial charge in [-0.2, -0.15) is 0 Å². The Morgan fingerprint density at radius 1 is 1.21 bits per heavy atom. The van der Waals surface area contributed by atoms with E-state index in [0.29, 0.717) is 5.41 Å². The molecular weight excluding hydrogens is 190 g/mol. The van der Waals surface area contributed by atoms with Crippen LogP contribution in [0.1, 0.15) is 20.3 Å². The van der Waals surface area contributed by atoms with Crippen molar-refractivity contribution in [3.8, 4) is 0 Å². The van der Waals surface area contributed by atoms with Gasteiger partial charge in [-0.1, -0.05) is 32.0 Å². The second-order valence-electron chi connectivity index (χ2n) is 4.30. The molecule has 0 heterocycles. The second-order valence-corrected chi connectivity index (χ2v) is 5.35. The van der Waals surface area contributed by atoms with Crippen LogP contribution in [0, 0.1) is 5.41 Å². The molecule has 2 N–H and O–H groups in total. The molecule has 0 unspecified atom stereocenters. The predicted molar refractivity (Wildman–Crippen MR) is 64.6 cm³/mol. The van der Waals surface area contributed by atoms with Crippen molar-refractivity contribution in [1.82, 2.24) is 0 Å². The van der Waals surface area contributed by atoms with Crippen LogP contribution < -0.4 is 5.73 Å².